The number of carbonyl (C=O) groups excluding carboxylic acids is 1. The van der Waals surface area contributed by atoms with Gasteiger partial charge in [-0.05, 0) is 23.6 Å². The van der Waals surface area contributed by atoms with Crippen molar-refractivity contribution in [1.82, 2.24) is 15.1 Å². The smallest absolute Gasteiger partial charge is 0.331 e. The molecule has 0 fully saturated rings. The summed E-state index contributed by atoms with van der Waals surface area (Å²) >= 11 is 0. The number of nitrogens with zero attached hydrogens (tertiary/aromatic N) is 3. The van der Waals surface area contributed by atoms with Crippen LogP contribution in [0.1, 0.15) is 37.1 Å². The Morgan fingerprint density at radius 3 is 2.66 bits per heavy atom. The van der Waals surface area contributed by atoms with E-state index >= 15 is 0 Å². The fourth-order valence-corrected chi connectivity index (χ4v) is 2.73. The van der Waals surface area contributed by atoms with Gasteiger partial charge in [0.25, 0.3) is 5.89 Å². The number of hydrogen-bond donors (Lipinski definition) is 0. The van der Waals surface area contributed by atoms with Crippen molar-refractivity contribution in [2.24, 2.45) is 0 Å². The zero-order valence-corrected chi connectivity index (χ0v) is 16.0. The number of carbonyl (C=O) groups is 1. The molecule has 0 aliphatic rings. The van der Waals surface area contributed by atoms with Crippen LogP contribution in [0.3, 0.4) is 0 Å². The number of para-hydroxylation sites is 2. The average molecular weight is 389 g/mol. The maximum absolute atomic E-state index is 11.9. The molecule has 0 aliphatic carbocycles. The fourth-order valence-electron chi connectivity index (χ4n) is 2.73. The lowest BCUT2D eigenvalue weighted by Gasteiger charge is -2.04. The van der Waals surface area contributed by atoms with E-state index in [2.05, 4.69) is 29.0 Å². The molecule has 4 aromatic rings. The number of benzene rings is 2. The molecule has 7 nitrogen and oxygen atoms in total. The SMILES string of the molecule is CC(C)c1ccc(-c2noc(COC(=O)/C=C/c3nc4ccccc4o3)n2)cc1. The predicted octanol–water partition coefficient (Wildman–Crippen LogP) is 4.76. The van der Waals surface area contributed by atoms with E-state index in [-0.39, 0.29) is 12.5 Å². The number of ether oxygens (including phenoxy) is 1. The number of rotatable bonds is 6. The van der Waals surface area contributed by atoms with Gasteiger partial charge in [0, 0.05) is 17.7 Å². The Hall–Kier alpha value is -3.74. The van der Waals surface area contributed by atoms with E-state index in [0.29, 0.717) is 23.2 Å². The molecule has 2 aromatic heterocycles. The summed E-state index contributed by atoms with van der Waals surface area (Å²) in [5, 5.41) is 3.94. The molecule has 0 amide bonds. The van der Waals surface area contributed by atoms with Crippen LogP contribution in [0.25, 0.3) is 28.6 Å². The van der Waals surface area contributed by atoms with Crippen LogP contribution in [-0.2, 0) is 16.1 Å². The molecule has 0 spiro atoms. The van der Waals surface area contributed by atoms with Crippen LogP contribution < -0.4 is 0 Å². The van der Waals surface area contributed by atoms with E-state index in [1.165, 1.54) is 17.7 Å². The first-order chi connectivity index (χ1) is 14.1. The number of esters is 1. The zero-order chi connectivity index (χ0) is 20.2. The van der Waals surface area contributed by atoms with Crippen molar-refractivity contribution in [2.45, 2.75) is 26.4 Å². The topological polar surface area (TPSA) is 91.2 Å². The van der Waals surface area contributed by atoms with Gasteiger partial charge in [-0.3, -0.25) is 0 Å². The standard InChI is InChI=1S/C22H19N3O4/c1-14(2)15-7-9-16(10-8-15)22-24-20(29-25-22)13-27-21(26)12-11-19-23-17-5-3-4-6-18(17)28-19/h3-12,14H,13H2,1-2H3/b12-11+. The first-order valence-corrected chi connectivity index (χ1v) is 9.22. The zero-order valence-electron chi connectivity index (χ0n) is 16.0. The summed E-state index contributed by atoms with van der Waals surface area (Å²) in [6.07, 6.45) is 2.70. The summed E-state index contributed by atoms with van der Waals surface area (Å²) < 4.78 is 15.8. The quantitative estimate of drug-likeness (QED) is 0.347. The molecule has 7 heteroatoms. The van der Waals surface area contributed by atoms with Gasteiger partial charge in [0.15, 0.2) is 12.2 Å². The Kier molecular flexibility index (Phi) is 5.20. The van der Waals surface area contributed by atoms with E-state index in [0.717, 1.165) is 11.1 Å². The molecule has 0 atom stereocenters. The van der Waals surface area contributed by atoms with Gasteiger partial charge in [-0.2, -0.15) is 4.98 Å². The second-order valence-corrected chi connectivity index (χ2v) is 6.75. The molecule has 2 aromatic carbocycles. The molecule has 0 aliphatic heterocycles. The van der Waals surface area contributed by atoms with Crippen LogP contribution in [0, 0.1) is 0 Å². The van der Waals surface area contributed by atoms with Crippen LogP contribution in [0.5, 0.6) is 0 Å². The first kappa shape index (κ1) is 18.6. The largest absolute Gasteiger partial charge is 0.452 e. The second kappa shape index (κ2) is 8.10. The minimum absolute atomic E-state index is 0.117. The summed E-state index contributed by atoms with van der Waals surface area (Å²) in [6.45, 7) is 4.15. The molecular formula is C22H19N3O4. The van der Waals surface area contributed by atoms with Crippen LogP contribution in [0.4, 0.5) is 0 Å². The van der Waals surface area contributed by atoms with Gasteiger partial charge >= 0.3 is 5.97 Å². The summed E-state index contributed by atoms with van der Waals surface area (Å²) in [6, 6.07) is 15.3. The third-order valence-corrected chi connectivity index (χ3v) is 4.31. The van der Waals surface area contributed by atoms with Crippen molar-refractivity contribution < 1.29 is 18.5 Å². The molecule has 4 rings (SSSR count). The maximum Gasteiger partial charge on any atom is 0.331 e. The molecule has 0 radical (unpaired) electrons. The number of fused-ring (bicyclic) bond motifs is 1. The highest BCUT2D eigenvalue weighted by Gasteiger charge is 2.11. The maximum atomic E-state index is 11.9. The van der Waals surface area contributed by atoms with Gasteiger partial charge in [0.1, 0.15) is 5.52 Å². The molecule has 0 N–H and O–H groups in total. The monoisotopic (exact) mass is 389 g/mol. The van der Waals surface area contributed by atoms with Gasteiger partial charge in [-0.1, -0.05) is 55.4 Å². The molecule has 29 heavy (non-hydrogen) atoms. The summed E-state index contributed by atoms with van der Waals surface area (Å²) in [5.41, 5.74) is 3.45. The summed E-state index contributed by atoms with van der Waals surface area (Å²) in [5.74, 6) is 0.887. The Bertz CT molecular complexity index is 1120. The Morgan fingerprint density at radius 1 is 1.10 bits per heavy atom. The van der Waals surface area contributed by atoms with E-state index < -0.39 is 5.97 Å². The highest BCUT2D eigenvalue weighted by atomic mass is 16.6. The van der Waals surface area contributed by atoms with Crippen molar-refractivity contribution in [1.29, 1.82) is 0 Å². The number of hydrogen-bond acceptors (Lipinski definition) is 7. The van der Waals surface area contributed by atoms with Crippen LogP contribution in [-0.4, -0.2) is 21.1 Å². The van der Waals surface area contributed by atoms with E-state index in [9.17, 15) is 4.79 Å². The van der Waals surface area contributed by atoms with Crippen LogP contribution in [0.15, 0.2) is 63.5 Å². The number of oxazole rings is 1. The van der Waals surface area contributed by atoms with Gasteiger partial charge in [-0.15, -0.1) is 0 Å². The van der Waals surface area contributed by atoms with Crippen LogP contribution >= 0.6 is 0 Å². The summed E-state index contributed by atoms with van der Waals surface area (Å²) in [7, 11) is 0. The van der Waals surface area contributed by atoms with Crippen molar-refractivity contribution in [3.8, 4) is 11.4 Å². The lowest BCUT2D eigenvalue weighted by molar-refractivity contribution is -0.139. The van der Waals surface area contributed by atoms with Crippen molar-refractivity contribution in [3.05, 3.63) is 72.0 Å². The average Bonchev–Trinajstić information content (AvgIpc) is 3.37. The lowest BCUT2D eigenvalue weighted by atomic mass is 10.0. The van der Waals surface area contributed by atoms with Gasteiger partial charge < -0.3 is 13.7 Å². The molecule has 0 saturated carbocycles. The highest BCUT2D eigenvalue weighted by molar-refractivity contribution is 5.86. The highest BCUT2D eigenvalue weighted by Crippen LogP contribution is 2.21. The van der Waals surface area contributed by atoms with Crippen LogP contribution in [0.2, 0.25) is 0 Å². The molecule has 0 bridgehead atoms. The predicted molar refractivity (Wildman–Crippen MR) is 107 cm³/mol. The van der Waals surface area contributed by atoms with Crippen molar-refractivity contribution in [2.75, 3.05) is 0 Å². The van der Waals surface area contributed by atoms with Crippen molar-refractivity contribution in [3.63, 3.8) is 0 Å². The van der Waals surface area contributed by atoms with Crippen molar-refractivity contribution >= 4 is 23.1 Å². The Balaban J connectivity index is 1.34. The molecule has 0 saturated heterocycles. The Morgan fingerprint density at radius 2 is 1.90 bits per heavy atom. The van der Waals surface area contributed by atoms with Gasteiger partial charge in [-0.25, -0.2) is 9.78 Å². The summed E-state index contributed by atoms with van der Waals surface area (Å²) in [4.78, 5) is 20.4. The molecule has 2 heterocycles. The van der Waals surface area contributed by atoms with Gasteiger partial charge in [0.2, 0.25) is 11.7 Å². The molecule has 0 unspecified atom stereocenters. The van der Waals surface area contributed by atoms with Gasteiger partial charge in [0.05, 0.1) is 0 Å². The first-order valence-electron chi connectivity index (χ1n) is 9.22. The minimum atomic E-state index is -0.562. The van der Waals surface area contributed by atoms with E-state index in [1.54, 1.807) is 0 Å². The third kappa shape index (κ3) is 4.40. The van der Waals surface area contributed by atoms with E-state index in [4.69, 9.17) is 13.7 Å². The second-order valence-electron chi connectivity index (χ2n) is 6.75. The minimum Gasteiger partial charge on any atom is -0.452 e. The lowest BCUT2D eigenvalue weighted by Crippen LogP contribution is -2.01. The third-order valence-electron chi connectivity index (χ3n) is 4.31. The van der Waals surface area contributed by atoms with E-state index in [1.807, 2.05) is 48.5 Å². The normalized spacial score (nSPS) is 11.6. The molecular weight excluding hydrogens is 370 g/mol. The molecule has 146 valence electrons. The Labute approximate surface area is 167 Å². The fraction of sp³-hybridized carbons (Fsp3) is 0.182. The number of aromatic nitrogens is 3.